The quantitative estimate of drug-likeness (QED) is 0.435. The van der Waals surface area contributed by atoms with Crippen molar-refractivity contribution in [1.82, 2.24) is 15.1 Å². The molecule has 1 amide bonds. The molecule has 3 aromatic rings. The van der Waals surface area contributed by atoms with Crippen LogP contribution in [-0.2, 0) is 13.1 Å². The highest BCUT2D eigenvalue weighted by molar-refractivity contribution is 6.31. The van der Waals surface area contributed by atoms with Gasteiger partial charge in [0.15, 0.2) is 0 Å². The number of guanidine groups is 1. The van der Waals surface area contributed by atoms with Gasteiger partial charge >= 0.3 is 0 Å². The van der Waals surface area contributed by atoms with Crippen LogP contribution in [0.25, 0.3) is 0 Å². The summed E-state index contributed by atoms with van der Waals surface area (Å²) in [4.78, 5) is 17.4. The van der Waals surface area contributed by atoms with Gasteiger partial charge in [0.2, 0.25) is 5.96 Å². The van der Waals surface area contributed by atoms with Gasteiger partial charge in [-0.1, -0.05) is 23.7 Å². The van der Waals surface area contributed by atoms with E-state index < -0.39 is 0 Å². The summed E-state index contributed by atoms with van der Waals surface area (Å²) in [5.41, 5.74) is 4.19. The molecule has 2 N–H and O–H groups in total. The first-order chi connectivity index (χ1) is 14.9. The minimum Gasteiger partial charge on any atom is -0.497 e. The molecule has 0 atom stereocenters. The van der Waals surface area contributed by atoms with Crippen molar-refractivity contribution in [2.24, 2.45) is 4.99 Å². The zero-order valence-corrected chi connectivity index (χ0v) is 18.8. The molecule has 0 aliphatic heterocycles. The molecule has 1 aromatic heterocycles. The molecule has 162 valence electrons. The van der Waals surface area contributed by atoms with E-state index in [1.807, 2.05) is 49.7 Å². The number of nitrogens with zero attached hydrogens (tertiary/aromatic N) is 3. The van der Waals surface area contributed by atoms with Crippen molar-refractivity contribution in [3.8, 4) is 5.75 Å². The van der Waals surface area contributed by atoms with Crippen LogP contribution in [0.5, 0.6) is 5.75 Å². The van der Waals surface area contributed by atoms with Crippen LogP contribution in [0.15, 0.2) is 53.5 Å². The Morgan fingerprint density at radius 3 is 2.65 bits per heavy atom. The maximum Gasteiger partial charge on any atom is 0.258 e. The molecule has 0 fully saturated rings. The third kappa shape index (κ3) is 5.64. The van der Waals surface area contributed by atoms with Crippen LogP contribution in [0.1, 0.15) is 34.2 Å². The fraction of sp³-hybridized carbons (Fsp3) is 0.261. The van der Waals surface area contributed by atoms with E-state index in [0.29, 0.717) is 28.8 Å². The zero-order valence-electron chi connectivity index (χ0n) is 18.1. The average molecular weight is 440 g/mol. The highest BCUT2D eigenvalue weighted by Crippen LogP contribution is 2.18. The summed E-state index contributed by atoms with van der Waals surface area (Å²) >= 11 is 6.03. The molecule has 2 aromatic carbocycles. The van der Waals surface area contributed by atoms with Crippen LogP contribution in [-0.4, -0.2) is 28.8 Å². The molecule has 8 heteroatoms. The number of ether oxygens (including phenoxy) is 1. The fourth-order valence-electron chi connectivity index (χ4n) is 3.19. The van der Waals surface area contributed by atoms with Crippen LogP contribution in [0.4, 0.5) is 5.69 Å². The molecular formula is C23H26ClN5O2. The molecule has 0 saturated carbocycles. The van der Waals surface area contributed by atoms with E-state index in [1.54, 1.807) is 31.4 Å². The van der Waals surface area contributed by atoms with E-state index in [4.69, 9.17) is 16.3 Å². The van der Waals surface area contributed by atoms with E-state index >= 15 is 0 Å². The molecule has 0 bridgehead atoms. The lowest BCUT2D eigenvalue weighted by Crippen LogP contribution is -2.36. The first kappa shape index (κ1) is 22.4. The van der Waals surface area contributed by atoms with Gasteiger partial charge in [0.05, 0.1) is 19.3 Å². The van der Waals surface area contributed by atoms with Crippen LogP contribution < -0.4 is 15.4 Å². The molecule has 0 saturated heterocycles. The first-order valence-corrected chi connectivity index (χ1v) is 10.3. The number of carbonyl (C=O) groups excluding carboxylic acids is 1. The number of anilines is 1. The molecule has 0 unspecified atom stereocenters. The van der Waals surface area contributed by atoms with Gasteiger partial charge in [0, 0.05) is 40.1 Å². The largest absolute Gasteiger partial charge is 0.497 e. The Balaban J connectivity index is 1.88. The molecule has 0 spiro atoms. The van der Waals surface area contributed by atoms with Crippen molar-refractivity contribution < 1.29 is 9.53 Å². The Bertz CT molecular complexity index is 1110. The maximum absolute atomic E-state index is 12.8. The van der Waals surface area contributed by atoms with Crippen molar-refractivity contribution in [3.63, 3.8) is 0 Å². The van der Waals surface area contributed by atoms with E-state index in [0.717, 1.165) is 29.2 Å². The van der Waals surface area contributed by atoms with Crippen LogP contribution in [0.3, 0.4) is 0 Å². The van der Waals surface area contributed by atoms with Crippen molar-refractivity contribution in [3.05, 3.63) is 76.1 Å². The summed E-state index contributed by atoms with van der Waals surface area (Å²) in [5.74, 6) is 0.706. The lowest BCUT2D eigenvalue weighted by atomic mass is 10.2. The van der Waals surface area contributed by atoms with Gasteiger partial charge in [-0.05, 0) is 51.1 Å². The Hall–Kier alpha value is -3.32. The van der Waals surface area contributed by atoms with Gasteiger partial charge in [0.1, 0.15) is 5.75 Å². The second-order valence-electron chi connectivity index (χ2n) is 6.95. The standard InChI is InChI=1S/C23H26ClN5O2/c1-5-29-16(3)21(15(2)28-29)14-25-23(26-19-10-7-11-20(13-19)31-4)27-22(30)17-8-6-9-18(24)12-17/h6-13H,5,14H2,1-4H3,(H2,25,26,27,30). The summed E-state index contributed by atoms with van der Waals surface area (Å²) in [7, 11) is 1.60. The Morgan fingerprint density at radius 1 is 1.19 bits per heavy atom. The predicted octanol–water partition coefficient (Wildman–Crippen LogP) is 4.58. The van der Waals surface area contributed by atoms with Gasteiger partial charge in [-0.15, -0.1) is 0 Å². The van der Waals surface area contributed by atoms with E-state index in [2.05, 4.69) is 20.7 Å². The fourth-order valence-corrected chi connectivity index (χ4v) is 3.38. The lowest BCUT2D eigenvalue weighted by molar-refractivity contribution is 0.0977. The second-order valence-corrected chi connectivity index (χ2v) is 7.39. The van der Waals surface area contributed by atoms with Crippen molar-refractivity contribution in [1.29, 1.82) is 0 Å². The molecule has 3 rings (SSSR count). The smallest absolute Gasteiger partial charge is 0.258 e. The minimum absolute atomic E-state index is 0.311. The van der Waals surface area contributed by atoms with Gasteiger partial charge in [0.25, 0.3) is 5.91 Å². The minimum atomic E-state index is -0.311. The predicted molar refractivity (Wildman–Crippen MR) is 124 cm³/mol. The topological polar surface area (TPSA) is 80.5 Å². The molecular weight excluding hydrogens is 414 g/mol. The highest BCUT2D eigenvalue weighted by Gasteiger charge is 2.13. The molecule has 0 aliphatic rings. The number of benzene rings is 2. The average Bonchev–Trinajstić information content (AvgIpc) is 3.04. The van der Waals surface area contributed by atoms with Crippen LogP contribution >= 0.6 is 11.6 Å². The normalized spacial score (nSPS) is 11.3. The Kier molecular flexibility index (Phi) is 7.31. The van der Waals surface area contributed by atoms with Gasteiger partial charge < -0.3 is 10.1 Å². The zero-order chi connectivity index (χ0) is 22.4. The maximum atomic E-state index is 12.8. The van der Waals surface area contributed by atoms with E-state index in [-0.39, 0.29) is 5.91 Å². The summed E-state index contributed by atoms with van der Waals surface area (Å²) in [5, 5.41) is 11.1. The number of aliphatic imine (C=N–C) groups is 1. The molecule has 31 heavy (non-hydrogen) atoms. The molecule has 7 nitrogen and oxygen atoms in total. The number of hydrogen-bond donors (Lipinski definition) is 2. The number of hydrogen-bond acceptors (Lipinski definition) is 4. The summed E-state index contributed by atoms with van der Waals surface area (Å²) < 4.78 is 7.23. The van der Waals surface area contributed by atoms with Gasteiger partial charge in [-0.25, -0.2) is 4.99 Å². The monoisotopic (exact) mass is 439 g/mol. The lowest BCUT2D eigenvalue weighted by Gasteiger charge is -2.13. The van der Waals surface area contributed by atoms with Crippen LogP contribution in [0.2, 0.25) is 5.02 Å². The number of nitrogens with one attached hydrogen (secondary N) is 2. The van der Waals surface area contributed by atoms with Crippen LogP contribution in [0, 0.1) is 13.8 Å². The number of rotatable bonds is 6. The molecule has 1 heterocycles. The van der Waals surface area contributed by atoms with Gasteiger partial charge in [-0.3, -0.25) is 14.8 Å². The Labute approximate surface area is 187 Å². The second kappa shape index (κ2) is 10.1. The summed E-state index contributed by atoms with van der Waals surface area (Å²) in [6, 6.07) is 14.2. The number of aromatic nitrogens is 2. The Morgan fingerprint density at radius 2 is 1.97 bits per heavy atom. The number of halogens is 1. The summed E-state index contributed by atoms with van der Waals surface area (Å²) in [6.45, 7) is 7.20. The van der Waals surface area contributed by atoms with Gasteiger partial charge in [-0.2, -0.15) is 5.10 Å². The number of amides is 1. The third-order valence-electron chi connectivity index (χ3n) is 4.88. The molecule has 0 aliphatic carbocycles. The highest BCUT2D eigenvalue weighted by atomic mass is 35.5. The van der Waals surface area contributed by atoms with Crippen molar-refractivity contribution in [2.45, 2.75) is 33.9 Å². The van der Waals surface area contributed by atoms with E-state index in [1.165, 1.54) is 0 Å². The number of aryl methyl sites for hydroxylation is 2. The number of methoxy groups -OCH3 is 1. The van der Waals surface area contributed by atoms with E-state index in [9.17, 15) is 4.79 Å². The first-order valence-electron chi connectivity index (χ1n) is 9.96. The van der Waals surface area contributed by atoms with Crippen molar-refractivity contribution in [2.75, 3.05) is 12.4 Å². The SMILES string of the molecule is CCn1nc(C)c(CN=C(NC(=O)c2cccc(Cl)c2)Nc2cccc(OC)c2)c1C. The third-order valence-corrected chi connectivity index (χ3v) is 5.11. The van der Waals surface area contributed by atoms with Crippen molar-refractivity contribution >= 4 is 29.2 Å². The molecule has 0 radical (unpaired) electrons. The number of carbonyl (C=O) groups is 1. The summed E-state index contributed by atoms with van der Waals surface area (Å²) in [6.07, 6.45) is 0.